The number of nitriles is 1. The summed E-state index contributed by atoms with van der Waals surface area (Å²) in [6, 6.07) is 14.5. The molecule has 3 aromatic rings. The van der Waals surface area contributed by atoms with Crippen LogP contribution in [0, 0.1) is 23.0 Å². The molecular weight excluding hydrogens is 378 g/mol. The molecule has 1 heterocycles. The van der Waals surface area contributed by atoms with Crippen molar-refractivity contribution in [1.82, 2.24) is 9.97 Å². The van der Waals surface area contributed by atoms with E-state index >= 15 is 0 Å². The van der Waals surface area contributed by atoms with Crippen LogP contribution in [0.4, 0.5) is 14.6 Å². The van der Waals surface area contributed by atoms with E-state index in [1.165, 1.54) is 19.2 Å². The van der Waals surface area contributed by atoms with Gasteiger partial charge in [-0.15, -0.1) is 0 Å². The van der Waals surface area contributed by atoms with Crippen molar-refractivity contribution in [3.63, 3.8) is 0 Å². The summed E-state index contributed by atoms with van der Waals surface area (Å²) in [5.74, 6) is -0.145. The second-order valence-corrected chi connectivity index (χ2v) is 6.01. The Balaban J connectivity index is 1.76. The average molecular weight is 396 g/mol. The molecule has 8 heteroatoms. The maximum atomic E-state index is 13.8. The van der Waals surface area contributed by atoms with Gasteiger partial charge in [-0.25, -0.2) is 8.78 Å². The van der Waals surface area contributed by atoms with Crippen molar-refractivity contribution in [2.75, 3.05) is 25.6 Å². The molecule has 1 N–H and O–H groups in total. The van der Waals surface area contributed by atoms with Gasteiger partial charge in [0.1, 0.15) is 29.3 Å². The van der Waals surface area contributed by atoms with E-state index in [-0.39, 0.29) is 12.6 Å². The van der Waals surface area contributed by atoms with Gasteiger partial charge >= 0.3 is 6.01 Å². The number of hydrogen-bond acceptors (Lipinski definition) is 6. The van der Waals surface area contributed by atoms with Crippen molar-refractivity contribution in [3.05, 3.63) is 65.7 Å². The highest BCUT2D eigenvalue weighted by Crippen LogP contribution is 2.25. The first-order valence-corrected chi connectivity index (χ1v) is 8.80. The van der Waals surface area contributed by atoms with E-state index in [2.05, 4.69) is 15.3 Å². The van der Waals surface area contributed by atoms with Gasteiger partial charge < -0.3 is 14.8 Å². The van der Waals surface area contributed by atoms with Crippen LogP contribution in [0.15, 0.2) is 48.5 Å². The predicted octanol–water partition coefficient (Wildman–Crippen LogP) is 3.99. The molecular formula is C21H18F2N4O2. The van der Waals surface area contributed by atoms with Gasteiger partial charge in [-0.05, 0) is 30.2 Å². The molecule has 0 atom stereocenters. The van der Waals surface area contributed by atoms with Crippen molar-refractivity contribution in [3.8, 4) is 29.1 Å². The minimum Gasteiger partial charge on any atom is -0.479 e. The molecule has 6 nitrogen and oxygen atoms in total. The number of anilines is 1. The Kier molecular flexibility index (Phi) is 6.53. The van der Waals surface area contributed by atoms with Crippen molar-refractivity contribution < 1.29 is 18.3 Å². The molecule has 0 aliphatic heterocycles. The molecule has 0 saturated carbocycles. The zero-order valence-corrected chi connectivity index (χ0v) is 15.7. The molecule has 29 heavy (non-hydrogen) atoms. The van der Waals surface area contributed by atoms with Crippen LogP contribution in [-0.4, -0.2) is 30.2 Å². The summed E-state index contributed by atoms with van der Waals surface area (Å²) >= 11 is 0. The zero-order valence-electron chi connectivity index (χ0n) is 15.7. The highest BCUT2D eigenvalue weighted by molar-refractivity contribution is 5.64. The summed E-state index contributed by atoms with van der Waals surface area (Å²) in [6.45, 7) is 0.330. The number of aromatic nitrogens is 2. The van der Waals surface area contributed by atoms with E-state index in [1.54, 1.807) is 24.3 Å². The first-order chi connectivity index (χ1) is 14.1. The van der Waals surface area contributed by atoms with Gasteiger partial charge in [-0.1, -0.05) is 18.2 Å². The molecule has 1 aromatic heterocycles. The predicted molar refractivity (Wildman–Crippen MR) is 104 cm³/mol. The van der Waals surface area contributed by atoms with Gasteiger partial charge in [-0.3, -0.25) is 0 Å². The molecule has 2 aromatic carbocycles. The van der Waals surface area contributed by atoms with Gasteiger partial charge in [-0.2, -0.15) is 15.2 Å². The number of nitrogens with one attached hydrogen (secondary N) is 1. The van der Waals surface area contributed by atoms with E-state index in [0.29, 0.717) is 35.8 Å². The molecule has 148 valence electrons. The summed E-state index contributed by atoms with van der Waals surface area (Å²) in [7, 11) is 1.46. The van der Waals surface area contributed by atoms with Crippen molar-refractivity contribution in [2.24, 2.45) is 0 Å². The van der Waals surface area contributed by atoms with Crippen molar-refractivity contribution in [2.45, 2.75) is 6.42 Å². The Morgan fingerprint density at radius 3 is 2.72 bits per heavy atom. The van der Waals surface area contributed by atoms with E-state index in [1.807, 2.05) is 12.1 Å². The smallest absolute Gasteiger partial charge is 0.318 e. The summed E-state index contributed by atoms with van der Waals surface area (Å²) < 4.78 is 37.3. The highest BCUT2D eigenvalue weighted by atomic mass is 19.1. The molecule has 0 radical (unpaired) electrons. The quantitative estimate of drug-likeness (QED) is 0.620. The lowest BCUT2D eigenvalue weighted by molar-refractivity contribution is 0.368. The topological polar surface area (TPSA) is 80.1 Å². The van der Waals surface area contributed by atoms with Gasteiger partial charge in [0.25, 0.3) is 0 Å². The van der Waals surface area contributed by atoms with E-state index in [4.69, 9.17) is 14.7 Å². The molecule has 0 spiro atoms. The maximum absolute atomic E-state index is 13.8. The number of nitrogens with zero attached hydrogens (tertiary/aromatic N) is 3. The summed E-state index contributed by atoms with van der Waals surface area (Å²) in [5.41, 5.74) is 1.76. The van der Waals surface area contributed by atoms with Gasteiger partial charge in [0.2, 0.25) is 0 Å². The number of ether oxygens (including phenoxy) is 2. The van der Waals surface area contributed by atoms with Crippen LogP contribution >= 0.6 is 0 Å². The maximum Gasteiger partial charge on any atom is 0.318 e. The lowest BCUT2D eigenvalue weighted by atomic mass is 10.1. The molecule has 3 rings (SSSR count). The molecule has 0 aliphatic carbocycles. The van der Waals surface area contributed by atoms with Gasteiger partial charge in [0.15, 0.2) is 6.61 Å². The standard InChI is InChI=1S/C21H18F2N4O2/c1-28-21-26-19(15-3-2-4-17(11-15)29-10-8-24)13-20(27-21)25-9-7-14-5-6-16(22)12-18(14)23/h2-6,11-13H,7,9-10H2,1H3,(H,25,26,27). The fraction of sp³-hybridized carbons (Fsp3) is 0.190. The molecule has 0 aliphatic rings. The minimum atomic E-state index is -0.606. The van der Waals surface area contributed by atoms with Crippen LogP contribution in [0.3, 0.4) is 0 Å². The van der Waals surface area contributed by atoms with Gasteiger partial charge in [0, 0.05) is 24.2 Å². The fourth-order valence-electron chi connectivity index (χ4n) is 2.67. The highest BCUT2D eigenvalue weighted by Gasteiger charge is 2.09. The minimum absolute atomic E-state index is 0.0523. The lowest BCUT2D eigenvalue weighted by Crippen LogP contribution is -2.09. The second-order valence-electron chi connectivity index (χ2n) is 6.01. The SMILES string of the molecule is COc1nc(NCCc2ccc(F)cc2F)cc(-c2cccc(OCC#N)c2)n1. The third kappa shape index (κ3) is 5.39. The first-order valence-electron chi connectivity index (χ1n) is 8.80. The third-order valence-electron chi connectivity index (χ3n) is 4.04. The molecule has 0 amide bonds. The van der Waals surface area contributed by atoms with Crippen LogP contribution in [0.1, 0.15) is 5.56 Å². The van der Waals surface area contributed by atoms with Crippen LogP contribution in [0.2, 0.25) is 0 Å². The Labute approximate surface area is 166 Å². The van der Waals surface area contributed by atoms with Gasteiger partial charge in [0.05, 0.1) is 12.8 Å². The van der Waals surface area contributed by atoms with Crippen LogP contribution < -0.4 is 14.8 Å². The number of methoxy groups -OCH3 is 1. The monoisotopic (exact) mass is 396 g/mol. The number of hydrogen-bond donors (Lipinski definition) is 1. The normalized spacial score (nSPS) is 10.3. The largest absolute Gasteiger partial charge is 0.479 e. The number of benzene rings is 2. The summed E-state index contributed by atoms with van der Waals surface area (Å²) in [6.07, 6.45) is 0.352. The molecule has 0 bridgehead atoms. The first kappa shape index (κ1) is 20.0. The summed E-state index contributed by atoms with van der Waals surface area (Å²) in [4.78, 5) is 8.58. The van der Waals surface area contributed by atoms with E-state index in [9.17, 15) is 8.78 Å². The van der Waals surface area contributed by atoms with E-state index in [0.717, 1.165) is 11.6 Å². The molecule has 0 unspecified atom stereocenters. The van der Waals surface area contributed by atoms with Crippen LogP contribution in [-0.2, 0) is 6.42 Å². The Bertz CT molecular complexity index is 1040. The summed E-state index contributed by atoms with van der Waals surface area (Å²) in [5, 5.41) is 11.8. The zero-order chi connectivity index (χ0) is 20.6. The second kappa shape index (κ2) is 9.46. The Morgan fingerprint density at radius 2 is 1.97 bits per heavy atom. The van der Waals surface area contributed by atoms with Crippen LogP contribution in [0.25, 0.3) is 11.3 Å². The molecule has 0 saturated heterocycles. The lowest BCUT2D eigenvalue weighted by Gasteiger charge is -2.11. The molecule has 0 fully saturated rings. The van der Waals surface area contributed by atoms with Crippen molar-refractivity contribution >= 4 is 5.82 Å². The Morgan fingerprint density at radius 1 is 1.10 bits per heavy atom. The average Bonchev–Trinajstić information content (AvgIpc) is 2.73. The van der Waals surface area contributed by atoms with Crippen LogP contribution in [0.5, 0.6) is 11.8 Å². The fourth-order valence-corrected chi connectivity index (χ4v) is 2.67. The Hall–Kier alpha value is -3.73. The number of rotatable bonds is 8. The number of halogens is 2. The van der Waals surface area contributed by atoms with E-state index < -0.39 is 11.6 Å². The van der Waals surface area contributed by atoms with Crippen molar-refractivity contribution in [1.29, 1.82) is 5.26 Å². The third-order valence-corrected chi connectivity index (χ3v) is 4.04.